The average Bonchev–Trinajstić information content (AvgIpc) is 2.93. The number of hydrogen-bond donors (Lipinski definition) is 2. The van der Waals surface area contributed by atoms with Gasteiger partial charge in [-0.2, -0.15) is 0 Å². The number of nitrogens with one attached hydrogen (secondary N) is 1. The number of benzene rings is 1. The van der Waals surface area contributed by atoms with Crippen LogP contribution in [0.2, 0.25) is 5.02 Å². The van der Waals surface area contributed by atoms with E-state index in [9.17, 15) is 9.90 Å². The maximum absolute atomic E-state index is 12.0. The third-order valence-corrected chi connectivity index (χ3v) is 4.01. The van der Waals surface area contributed by atoms with Crippen molar-refractivity contribution in [2.45, 2.75) is 25.3 Å². The lowest BCUT2D eigenvalue weighted by Crippen LogP contribution is -2.34. The van der Waals surface area contributed by atoms with Crippen LogP contribution in [0.3, 0.4) is 0 Å². The van der Waals surface area contributed by atoms with Crippen molar-refractivity contribution in [2.24, 2.45) is 0 Å². The van der Waals surface area contributed by atoms with E-state index in [0.29, 0.717) is 29.4 Å². The van der Waals surface area contributed by atoms with E-state index in [1.54, 1.807) is 25.3 Å². The number of carbonyl (C=O) groups excluding carboxylic acids is 1. The topological polar surface area (TPSA) is 61.8 Å². The van der Waals surface area contributed by atoms with E-state index < -0.39 is 0 Å². The molecular formula is C15H21ClN2O3. The van der Waals surface area contributed by atoms with Crippen LogP contribution in [0.4, 0.5) is 5.69 Å². The van der Waals surface area contributed by atoms with Gasteiger partial charge in [0.1, 0.15) is 5.75 Å². The number of anilines is 1. The zero-order valence-electron chi connectivity index (χ0n) is 12.1. The average molecular weight is 313 g/mol. The Morgan fingerprint density at radius 2 is 2.38 bits per heavy atom. The molecule has 1 aromatic rings. The maximum Gasteiger partial charge on any atom is 0.225 e. The molecule has 0 radical (unpaired) electrons. The van der Waals surface area contributed by atoms with Crippen molar-refractivity contribution in [2.75, 3.05) is 32.1 Å². The number of aliphatic hydroxyl groups excluding tert-OH is 1. The van der Waals surface area contributed by atoms with Crippen molar-refractivity contribution < 1.29 is 14.6 Å². The normalized spacial score (nSPS) is 18.7. The van der Waals surface area contributed by atoms with Gasteiger partial charge in [0.2, 0.25) is 5.91 Å². The van der Waals surface area contributed by atoms with Gasteiger partial charge in [0.05, 0.1) is 19.4 Å². The van der Waals surface area contributed by atoms with Crippen molar-refractivity contribution in [3.05, 3.63) is 23.2 Å². The molecule has 5 nitrogen and oxygen atoms in total. The SMILES string of the molecule is COc1ccc(Cl)cc1NC(=O)CCN1CCC[C@H]1CO. The summed E-state index contributed by atoms with van der Waals surface area (Å²) in [4.78, 5) is 14.2. The highest BCUT2D eigenvalue weighted by atomic mass is 35.5. The Kier molecular flexibility index (Phi) is 5.85. The summed E-state index contributed by atoms with van der Waals surface area (Å²) in [6.45, 7) is 1.75. The monoisotopic (exact) mass is 312 g/mol. The number of rotatable bonds is 6. The van der Waals surface area contributed by atoms with Gasteiger partial charge in [0, 0.05) is 24.0 Å². The number of ether oxygens (including phenoxy) is 1. The molecule has 116 valence electrons. The molecule has 0 saturated carbocycles. The number of aliphatic hydroxyl groups is 1. The summed E-state index contributed by atoms with van der Waals surface area (Å²) in [5.41, 5.74) is 0.579. The van der Waals surface area contributed by atoms with Gasteiger partial charge in [-0.15, -0.1) is 0 Å². The third-order valence-electron chi connectivity index (χ3n) is 3.77. The van der Waals surface area contributed by atoms with Gasteiger partial charge in [0.25, 0.3) is 0 Å². The van der Waals surface area contributed by atoms with Crippen molar-refractivity contribution in [1.82, 2.24) is 4.90 Å². The fraction of sp³-hybridized carbons (Fsp3) is 0.533. The predicted molar refractivity (Wildman–Crippen MR) is 82.9 cm³/mol. The van der Waals surface area contributed by atoms with Crippen LogP contribution >= 0.6 is 11.6 Å². The number of methoxy groups -OCH3 is 1. The van der Waals surface area contributed by atoms with Crippen LogP contribution in [-0.4, -0.2) is 48.8 Å². The van der Waals surface area contributed by atoms with Crippen molar-refractivity contribution in [1.29, 1.82) is 0 Å². The summed E-state index contributed by atoms with van der Waals surface area (Å²) in [7, 11) is 1.55. The van der Waals surface area contributed by atoms with Gasteiger partial charge in [-0.25, -0.2) is 0 Å². The summed E-state index contributed by atoms with van der Waals surface area (Å²) < 4.78 is 5.20. The lowest BCUT2D eigenvalue weighted by molar-refractivity contribution is -0.116. The zero-order valence-corrected chi connectivity index (χ0v) is 12.9. The number of amides is 1. The predicted octanol–water partition coefficient (Wildman–Crippen LogP) is 2.13. The maximum atomic E-state index is 12.0. The Bertz CT molecular complexity index is 496. The highest BCUT2D eigenvalue weighted by Gasteiger charge is 2.23. The molecule has 1 fully saturated rings. The summed E-state index contributed by atoms with van der Waals surface area (Å²) in [6.07, 6.45) is 2.46. The second-order valence-corrected chi connectivity index (χ2v) is 5.59. The minimum atomic E-state index is -0.0841. The van der Waals surface area contributed by atoms with Gasteiger partial charge in [-0.05, 0) is 37.6 Å². The fourth-order valence-electron chi connectivity index (χ4n) is 2.63. The van der Waals surface area contributed by atoms with Crippen molar-refractivity contribution in [3.8, 4) is 5.75 Å². The van der Waals surface area contributed by atoms with Gasteiger partial charge >= 0.3 is 0 Å². The van der Waals surface area contributed by atoms with Gasteiger partial charge < -0.3 is 15.2 Å². The Morgan fingerprint density at radius 1 is 1.57 bits per heavy atom. The Labute approximate surface area is 129 Å². The van der Waals surface area contributed by atoms with Gasteiger partial charge in [0.15, 0.2) is 0 Å². The van der Waals surface area contributed by atoms with Crippen LogP contribution < -0.4 is 10.1 Å². The fourth-order valence-corrected chi connectivity index (χ4v) is 2.80. The molecule has 1 amide bonds. The molecule has 1 aliphatic heterocycles. The largest absolute Gasteiger partial charge is 0.495 e. The van der Waals surface area contributed by atoms with Crippen LogP contribution in [0.1, 0.15) is 19.3 Å². The van der Waals surface area contributed by atoms with Gasteiger partial charge in [-0.1, -0.05) is 11.6 Å². The second-order valence-electron chi connectivity index (χ2n) is 5.16. The van der Waals surface area contributed by atoms with Crippen molar-refractivity contribution >= 4 is 23.2 Å². The van der Waals surface area contributed by atoms with Crippen LogP contribution in [0.5, 0.6) is 5.75 Å². The summed E-state index contributed by atoms with van der Waals surface area (Å²) in [6, 6.07) is 5.30. The second kappa shape index (κ2) is 7.64. The van der Waals surface area contributed by atoms with E-state index in [-0.39, 0.29) is 18.6 Å². The molecule has 2 rings (SSSR count). The van der Waals surface area contributed by atoms with E-state index in [1.807, 2.05) is 0 Å². The van der Waals surface area contributed by atoms with E-state index >= 15 is 0 Å². The standard InChI is InChI=1S/C15H21ClN2O3/c1-21-14-5-4-11(16)9-13(14)17-15(20)6-8-18-7-2-3-12(18)10-19/h4-5,9,12,19H,2-3,6-8,10H2,1H3,(H,17,20)/t12-/m0/s1. The van der Waals surface area contributed by atoms with E-state index in [0.717, 1.165) is 19.4 Å². The molecule has 1 atom stereocenters. The third kappa shape index (κ3) is 4.33. The Morgan fingerprint density at radius 3 is 3.10 bits per heavy atom. The molecule has 2 N–H and O–H groups in total. The number of likely N-dealkylation sites (tertiary alicyclic amines) is 1. The molecule has 6 heteroatoms. The van der Waals surface area contributed by atoms with Crippen LogP contribution in [0.25, 0.3) is 0 Å². The minimum absolute atomic E-state index is 0.0841. The number of hydrogen-bond acceptors (Lipinski definition) is 4. The van der Waals surface area contributed by atoms with E-state index in [4.69, 9.17) is 16.3 Å². The molecule has 21 heavy (non-hydrogen) atoms. The molecule has 1 aromatic carbocycles. The lowest BCUT2D eigenvalue weighted by Gasteiger charge is -2.22. The van der Waals surface area contributed by atoms with Crippen LogP contribution in [0, 0.1) is 0 Å². The van der Waals surface area contributed by atoms with Crippen LogP contribution in [0.15, 0.2) is 18.2 Å². The number of carbonyl (C=O) groups is 1. The first-order valence-corrected chi connectivity index (χ1v) is 7.50. The molecule has 0 unspecified atom stereocenters. The molecule has 0 aromatic heterocycles. The molecule has 0 aliphatic carbocycles. The summed E-state index contributed by atoms with van der Waals surface area (Å²) in [5.74, 6) is 0.501. The highest BCUT2D eigenvalue weighted by Crippen LogP contribution is 2.27. The molecule has 0 spiro atoms. The summed E-state index contributed by atoms with van der Waals surface area (Å²) >= 11 is 5.93. The molecule has 0 bridgehead atoms. The molecular weight excluding hydrogens is 292 g/mol. The number of halogens is 1. The summed E-state index contributed by atoms with van der Waals surface area (Å²) in [5, 5.41) is 12.6. The molecule has 1 saturated heterocycles. The Balaban J connectivity index is 1.88. The van der Waals surface area contributed by atoms with E-state index in [1.165, 1.54) is 0 Å². The lowest BCUT2D eigenvalue weighted by atomic mass is 10.2. The smallest absolute Gasteiger partial charge is 0.225 e. The molecule has 1 aliphatic rings. The van der Waals surface area contributed by atoms with E-state index in [2.05, 4.69) is 10.2 Å². The minimum Gasteiger partial charge on any atom is -0.495 e. The zero-order chi connectivity index (χ0) is 15.2. The number of nitrogens with zero attached hydrogens (tertiary/aromatic N) is 1. The first-order chi connectivity index (χ1) is 10.1. The Hall–Kier alpha value is -1.30. The van der Waals surface area contributed by atoms with Crippen molar-refractivity contribution in [3.63, 3.8) is 0 Å². The van der Waals surface area contributed by atoms with Gasteiger partial charge in [-0.3, -0.25) is 9.69 Å². The molecule has 1 heterocycles. The first kappa shape index (κ1) is 16.1. The first-order valence-electron chi connectivity index (χ1n) is 7.12. The quantitative estimate of drug-likeness (QED) is 0.845. The van der Waals surface area contributed by atoms with Crippen LogP contribution in [-0.2, 0) is 4.79 Å². The highest BCUT2D eigenvalue weighted by molar-refractivity contribution is 6.31.